The van der Waals surface area contributed by atoms with Gasteiger partial charge in [0.15, 0.2) is 0 Å². The number of halogens is 2. The lowest BCUT2D eigenvalue weighted by molar-refractivity contribution is 0.100. The third-order valence-corrected chi connectivity index (χ3v) is 3.33. The van der Waals surface area contributed by atoms with Crippen molar-refractivity contribution in [3.8, 4) is 5.75 Å². The van der Waals surface area contributed by atoms with Gasteiger partial charge in [-0.25, -0.2) is 4.39 Å². The number of primary amides is 1. The van der Waals surface area contributed by atoms with Crippen molar-refractivity contribution >= 4 is 27.5 Å². The van der Waals surface area contributed by atoms with Crippen molar-refractivity contribution in [2.75, 3.05) is 5.73 Å². The summed E-state index contributed by atoms with van der Waals surface area (Å²) in [5.41, 5.74) is 12.5. The summed E-state index contributed by atoms with van der Waals surface area (Å²) in [6, 6.07) is 8.90. The van der Waals surface area contributed by atoms with Crippen molar-refractivity contribution in [2.45, 2.75) is 6.61 Å². The van der Waals surface area contributed by atoms with Gasteiger partial charge in [-0.2, -0.15) is 0 Å². The molecule has 2 aromatic carbocycles. The number of hydrogen-bond acceptors (Lipinski definition) is 3. The molecule has 0 fully saturated rings. The highest BCUT2D eigenvalue weighted by atomic mass is 79.9. The summed E-state index contributed by atoms with van der Waals surface area (Å²) < 4.78 is 19.0. The molecule has 0 aliphatic heterocycles. The second kappa shape index (κ2) is 5.92. The highest BCUT2D eigenvalue weighted by molar-refractivity contribution is 9.10. The molecule has 0 aliphatic rings. The summed E-state index contributed by atoms with van der Waals surface area (Å²) >= 11 is 3.21. The number of rotatable bonds is 4. The summed E-state index contributed by atoms with van der Waals surface area (Å²) in [5, 5.41) is 0. The molecule has 1 amide bonds. The highest BCUT2D eigenvalue weighted by Gasteiger charge is 2.07. The van der Waals surface area contributed by atoms with E-state index in [9.17, 15) is 9.18 Å². The number of carbonyl (C=O) groups excluding carboxylic acids is 1. The van der Waals surface area contributed by atoms with Crippen molar-refractivity contribution in [3.63, 3.8) is 0 Å². The van der Waals surface area contributed by atoms with Gasteiger partial charge in [0.25, 0.3) is 0 Å². The van der Waals surface area contributed by atoms with Crippen LogP contribution in [0.5, 0.6) is 5.75 Å². The third kappa shape index (κ3) is 3.27. The first-order valence-electron chi connectivity index (χ1n) is 5.73. The van der Waals surface area contributed by atoms with E-state index in [1.54, 1.807) is 12.1 Å². The van der Waals surface area contributed by atoms with Crippen LogP contribution in [0.15, 0.2) is 40.9 Å². The highest BCUT2D eigenvalue weighted by Crippen LogP contribution is 2.27. The topological polar surface area (TPSA) is 78.3 Å². The molecule has 0 bridgehead atoms. The van der Waals surface area contributed by atoms with Crippen LogP contribution in [0, 0.1) is 5.82 Å². The Balaban J connectivity index is 2.13. The van der Waals surface area contributed by atoms with Crippen LogP contribution < -0.4 is 16.2 Å². The average Bonchev–Trinajstić information content (AvgIpc) is 2.38. The minimum atomic E-state index is -0.537. The first kappa shape index (κ1) is 14.3. The lowest BCUT2D eigenvalue weighted by Gasteiger charge is -2.10. The van der Waals surface area contributed by atoms with Gasteiger partial charge in [0.1, 0.15) is 18.2 Å². The minimum absolute atomic E-state index is 0.203. The van der Waals surface area contributed by atoms with Gasteiger partial charge in [0.2, 0.25) is 5.91 Å². The molecule has 2 rings (SSSR count). The molecule has 4 nitrogen and oxygen atoms in total. The van der Waals surface area contributed by atoms with Gasteiger partial charge in [-0.05, 0) is 46.3 Å². The maximum atomic E-state index is 12.9. The second-order valence-electron chi connectivity index (χ2n) is 4.14. The Morgan fingerprint density at radius 2 is 2.00 bits per heavy atom. The maximum absolute atomic E-state index is 12.9. The first-order chi connectivity index (χ1) is 9.47. The monoisotopic (exact) mass is 338 g/mol. The van der Waals surface area contributed by atoms with Crippen LogP contribution in [0.25, 0.3) is 0 Å². The number of nitrogen functional groups attached to an aromatic ring is 1. The van der Waals surface area contributed by atoms with Crippen LogP contribution in [-0.2, 0) is 6.61 Å². The average molecular weight is 339 g/mol. The molecule has 0 aliphatic carbocycles. The van der Waals surface area contributed by atoms with Gasteiger partial charge < -0.3 is 16.2 Å². The van der Waals surface area contributed by atoms with Crippen LogP contribution in [-0.4, -0.2) is 5.91 Å². The maximum Gasteiger partial charge on any atom is 0.248 e. The lowest BCUT2D eigenvalue weighted by Crippen LogP contribution is -2.12. The Hall–Kier alpha value is -2.08. The van der Waals surface area contributed by atoms with E-state index in [2.05, 4.69) is 15.9 Å². The summed E-state index contributed by atoms with van der Waals surface area (Å²) in [5.74, 6) is -0.384. The van der Waals surface area contributed by atoms with Crippen molar-refractivity contribution in [3.05, 3.63) is 57.8 Å². The van der Waals surface area contributed by atoms with E-state index in [1.165, 1.54) is 24.3 Å². The van der Waals surface area contributed by atoms with Crippen LogP contribution in [0.4, 0.5) is 10.1 Å². The molecule has 20 heavy (non-hydrogen) atoms. The Morgan fingerprint density at radius 3 is 2.60 bits per heavy atom. The fourth-order valence-corrected chi connectivity index (χ4v) is 2.09. The number of ether oxygens (including phenoxy) is 1. The second-order valence-corrected chi connectivity index (χ2v) is 5.00. The van der Waals surface area contributed by atoms with E-state index in [4.69, 9.17) is 16.2 Å². The summed E-state index contributed by atoms with van der Waals surface area (Å²) in [4.78, 5) is 11.0. The fourth-order valence-electron chi connectivity index (χ4n) is 1.63. The number of carbonyl (C=O) groups is 1. The van der Waals surface area contributed by atoms with E-state index in [-0.39, 0.29) is 12.4 Å². The molecule has 0 radical (unpaired) electrons. The van der Waals surface area contributed by atoms with Crippen molar-refractivity contribution in [2.24, 2.45) is 5.73 Å². The van der Waals surface area contributed by atoms with E-state index in [0.29, 0.717) is 27.0 Å². The van der Waals surface area contributed by atoms with Crippen molar-refractivity contribution in [1.82, 2.24) is 0 Å². The molecule has 4 N–H and O–H groups in total. The van der Waals surface area contributed by atoms with E-state index in [1.807, 2.05) is 0 Å². The minimum Gasteiger partial charge on any atom is -0.488 e. The molecule has 6 heteroatoms. The normalized spacial score (nSPS) is 10.3. The summed E-state index contributed by atoms with van der Waals surface area (Å²) in [7, 11) is 0. The van der Waals surface area contributed by atoms with Crippen LogP contribution >= 0.6 is 15.9 Å². The van der Waals surface area contributed by atoms with E-state index < -0.39 is 5.91 Å². The quantitative estimate of drug-likeness (QED) is 0.841. The number of amides is 1. The van der Waals surface area contributed by atoms with Gasteiger partial charge in [0, 0.05) is 16.8 Å². The molecule has 104 valence electrons. The number of benzene rings is 2. The molecule has 0 heterocycles. The number of anilines is 1. The standard InChI is InChI=1S/C14H12BrFN2O2/c15-11-6-10(16)3-4-13(11)20-7-9-2-1-8(14(18)19)5-12(9)17/h1-6H,7,17H2,(H2,18,19). The molecule has 2 aromatic rings. The predicted molar refractivity (Wildman–Crippen MR) is 77.8 cm³/mol. The molecular weight excluding hydrogens is 327 g/mol. The van der Waals surface area contributed by atoms with Crippen LogP contribution in [0.2, 0.25) is 0 Å². The van der Waals surface area contributed by atoms with Gasteiger partial charge in [-0.1, -0.05) is 6.07 Å². The molecule has 0 saturated carbocycles. The van der Waals surface area contributed by atoms with Crippen molar-refractivity contribution < 1.29 is 13.9 Å². The zero-order valence-electron chi connectivity index (χ0n) is 10.4. The van der Waals surface area contributed by atoms with Crippen LogP contribution in [0.3, 0.4) is 0 Å². The van der Waals surface area contributed by atoms with Gasteiger partial charge in [-0.3, -0.25) is 4.79 Å². The summed E-state index contributed by atoms with van der Waals surface area (Å²) in [6.07, 6.45) is 0. The molecule has 0 aromatic heterocycles. The Bertz CT molecular complexity index is 662. The number of hydrogen-bond donors (Lipinski definition) is 2. The number of nitrogens with two attached hydrogens (primary N) is 2. The predicted octanol–water partition coefficient (Wildman–Crippen LogP) is 2.85. The van der Waals surface area contributed by atoms with Gasteiger partial charge in [0.05, 0.1) is 4.47 Å². The van der Waals surface area contributed by atoms with E-state index >= 15 is 0 Å². The van der Waals surface area contributed by atoms with E-state index in [0.717, 1.165) is 0 Å². The Morgan fingerprint density at radius 1 is 1.25 bits per heavy atom. The third-order valence-electron chi connectivity index (χ3n) is 2.71. The van der Waals surface area contributed by atoms with Gasteiger partial charge >= 0.3 is 0 Å². The fraction of sp³-hybridized carbons (Fsp3) is 0.0714. The smallest absolute Gasteiger partial charge is 0.248 e. The molecule has 0 spiro atoms. The summed E-state index contributed by atoms with van der Waals surface area (Å²) in [6.45, 7) is 0.203. The Kier molecular flexibility index (Phi) is 4.24. The largest absolute Gasteiger partial charge is 0.488 e. The zero-order chi connectivity index (χ0) is 14.7. The first-order valence-corrected chi connectivity index (χ1v) is 6.52. The molecule has 0 atom stereocenters. The van der Waals surface area contributed by atoms with Crippen molar-refractivity contribution in [1.29, 1.82) is 0 Å². The lowest BCUT2D eigenvalue weighted by atomic mass is 10.1. The molecule has 0 saturated heterocycles. The Labute approximate surface area is 123 Å². The molecular formula is C14H12BrFN2O2. The van der Waals surface area contributed by atoms with Crippen LogP contribution in [0.1, 0.15) is 15.9 Å². The molecule has 0 unspecified atom stereocenters. The van der Waals surface area contributed by atoms with Gasteiger partial charge in [-0.15, -0.1) is 0 Å². The zero-order valence-corrected chi connectivity index (χ0v) is 12.0. The SMILES string of the molecule is NC(=O)c1ccc(COc2ccc(F)cc2Br)c(N)c1.